The lowest BCUT2D eigenvalue weighted by Gasteiger charge is -2.19. The Bertz CT molecular complexity index is 887. The van der Waals surface area contributed by atoms with Gasteiger partial charge in [0.25, 0.3) is 5.91 Å². The molecule has 212 valence electrons. The van der Waals surface area contributed by atoms with Crippen molar-refractivity contribution in [1.82, 2.24) is 21.0 Å². The van der Waals surface area contributed by atoms with Crippen LogP contribution in [-0.4, -0.2) is 74.3 Å². The molecule has 0 saturated carbocycles. The fourth-order valence-electron chi connectivity index (χ4n) is 3.32. The highest BCUT2D eigenvalue weighted by Crippen LogP contribution is 2.15. The number of pyridine rings is 1. The highest BCUT2D eigenvalue weighted by molar-refractivity contribution is 5.94. The first-order chi connectivity index (χ1) is 18.2. The second-order valence-electron chi connectivity index (χ2n) is 9.61. The molecule has 2 rings (SSSR count). The number of carbonyl (C=O) groups is 3. The summed E-state index contributed by atoms with van der Waals surface area (Å²) in [6.07, 6.45) is 9.42. The van der Waals surface area contributed by atoms with Gasteiger partial charge in [0.1, 0.15) is 17.5 Å². The molecule has 12 nitrogen and oxygen atoms in total. The first-order valence-corrected chi connectivity index (χ1v) is 13.0. The number of nitrogens with zero attached hydrogens (tertiary/aromatic N) is 1. The number of hydrogen-bond acceptors (Lipinski definition) is 9. The monoisotopic (exact) mass is 535 g/mol. The third kappa shape index (κ3) is 14.4. The molecular weight excluding hydrogens is 494 g/mol. The molecule has 0 saturated heterocycles. The number of hydrogen-bond donors (Lipinski definition) is 4. The molecule has 1 heterocycles. The smallest absolute Gasteiger partial charge is 0.426 e. The van der Waals surface area contributed by atoms with Crippen LogP contribution >= 0.6 is 0 Å². The Balaban J connectivity index is 1.46. The Kier molecular flexibility index (Phi) is 14.0. The van der Waals surface area contributed by atoms with Gasteiger partial charge >= 0.3 is 12.2 Å². The number of nitrogens with one attached hydrogen (secondary N) is 4. The number of alkyl carbamates (subject to hydrolysis) is 1. The molecule has 1 aromatic heterocycles. The maximum atomic E-state index is 12.2. The van der Waals surface area contributed by atoms with Gasteiger partial charge in [0.15, 0.2) is 0 Å². The van der Waals surface area contributed by atoms with Crippen molar-refractivity contribution >= 4 is 23.9 Å². The van der Waals surface area contributed by atoms with Crippen LogP contribution in [0.15, 0.2) is 30.5 Å². The fourth-order valence-corrected chi connectivity index (χ4v) is 3.32. The number of carbonyl (C=O) groups excluding carboxylic acids is 3. The summed E-state index contributed by atoms with van der Waals surface area (Å²) in [5, 5.41) is 5.44. The molecule has 0 spiro atoms. The van der Waals surface area contributed by atoms with E-state index in [4.69, 9.17) is 18.9 Å². The predicted octanol–water partition coefficient (Wildman–Crippen LogP) is 3.31. The first kappa shape index (κ1) is 30.8. The summed E-state index contributed by atoms with van der Waals surface area (Å²) in [6, 6.07) is 3.14. The maximum Gasteiger partial charge on any atom is 0.426 e. The van der Waals surface area contributed by atoms with Crippen molar-refractivity contribution in [2.75, 3.05) is 44.9 Å². The van der Waals surface area contributed by atoms with Crippen molar-refractivity contribution in [3.63, 3.8) is 0 Å². The zero-order valence-corrected chi connectivity index (χ0v) is 22.5. The molecule has 1 aromatic rings. The van der Waals surface area contributed by atoms with E-state index < -0.39 is 17.8 Å². The highest BCUT2D eigenvalue weighted by Gasteiger charge is 2.16. The van der Waals surface area contributed by atoms with Gasteiger partial charge in [-0.15, -0.1) is 0 Å². The van der Waals surface area contributed by atoms with Crippen LogP contribution in [0.4, 0.5) is 15.4 Å². The standard InChI is InChI=1S/C26H41N5O7/c1-26(2,3)38-25(34)31-30-22-12-11-20(19-29-22)23(32)27-13-15-35-17-18-36-16-14-28-24(33)37-21-9-7-5-4-6-8-10-21/h5,7,11-12,19,21H,4,6,8-10,13-18H2,1-3H3,(H,27,32)(H,28,33)(H,29,30)(H,31,34)/b7-5-. The molecular formula is C26H41N5O7. The van der Waals surface area contributed by atoms with E-state index in [0.29, 0.717) is 50.9 Å². The number of aromatic nitrogens is 1. The van der Waals surface area contributed by atoms with E-state index >= 15 is 0 Å². The van der Waals surface area contributed by atoms with Gasteiger partial charge in [-0.3, -0.25) is 10.2 Å². The lowest BCUT2D eigenvalue weighted by Crippen LogP contribution is -2.36. The van der Waals surface area contributed by atoms with E-state index in [1.807, 2.05) is 0 Å². The zero-order valence-electron chi connectivity index (χ0n) is 22.5. The van der Waals surface area contributed by atoms with Crippen LogP contribution < -0.4 is 21.5 Å². The van der Waals surface area contributed by atoms with Crippen molar-refractivity contribution in [3.8, 4) is 0 Å². The van der Waals surface area contributed by atoms with Gasteiger partial charge in [-0.2, -0.15) is 0 Å². The second kappa shape index (κ2) is 17.2. The van der Waals surface area contributed by atoms with Crippen LogP contribution in [0.1, 0.15) is 63.2 Å². The van der Waals surface area contributed by atoms with E-state index in [2.05, 4.69) is 38.6 Å². The molecule has 0 aromatic carbocycles. The SMILES string of the molecule is CC(C)(C)OC(=O)NNc1ccc(C(=O)NCCOCCOCCNC(=O)OC2C/C=C\CCCC2)cn1. The molecule has 12 heteroatoms. The third-order valence-corrected chi connectivity index (χ3v) is 5.12. The van der Waals surface area contributed by atoms with Crippen molar-refractivity contribution in [2.45, 2.75) is 64.6 Å². The normalized spacial score (nSPS) is 16.3. The lowest BCUT2D eigenvalue weighted by molar-refractivity contribution is 0.0471. The molecule has 1 aliphatic carbocycles. The third-order valence-electron chi connectivity index (χ3n) is 5.12. The first-order valence-electron chi connectivity index (χ1n) is 13.0. The minimum Gasteiger partial charge on any atom is -0.446 e. The summed E-state index contributed by atoms with van der Waals surface area (Å²) in [5.74, 6) is 0.0626. The predicted molar refractivity (Wildman–Crippen MR) is 142 cm³/mol. The van der Waals surface area contributed by atoms with E-state index in [9.17, 15) is 14.4 Å². The van der Waals surface area contributed by atoms with Gasteiger partial charge in [-0.1, -0.05) is 12.2 Å². The van der Waals surface area contributed by atoms with Crippen LogP contribution in [0.2, 0.25) is 0 Å². The number of amides is 3. The Labute approximate surface area is 224 Å². The Morgan fingerprint density at radius 2 is 1.68 bits per heavy atom. The highest BCUT2D eigenvalue weighted by atomic mass is 16.6. The average Bonchev–Trinajstić information content (AvgIpc) is 2.84. The molecule has 0 fully saturated rings. The van der Waals surface area contributed by atoms with Gasteiger partial charge in [-0.25, -0.2) is 20.0 Å². The molecule has 0 radical (unpaired) electrons. The number of hydrazine groups is 1. The van der Waals surface area contributed by atoms with Crippen LogP contribution in [0.25, 0.3) is 0 Å². The maximum absolute atomic E-state index is 12.2. The largest absolute Gasteiger partial charge is 0.446 e. The van der Waals surface area contributed by atoms with Gasteiger partial charge < -0.3 is 29.6 Å². The van der Waals surface area contributed by atoms with E-state index in [-0.39, 0.29) is 12.0 Å². The molecule has 1 atom stereocenters. The van der Waals surface area contributed by atoms with Crippen molar-refractivity contribution in [2.24, 2.45) is 0 Å². The van der Waals surface area contributed by atoms with Crippen LogP contribution in [0.5, 0.6) is 0 Å². The van der Waals surface area contributed by atoms with Crippen LogP contribution in [0.3, 0.4) is 0 Å². The minimum atomic E-state index is -0.638. The zero-order chi connectivity index (χ0) is 27.6. The average molecular weight is 536 g/mol. The van der Waals surface area contributed by atoms with Crippen molar-refractivity contribution in [3.05, 3.63) is 36.0 Å². The van der Waals surface area contributed by atoms with E-state index in [1.54, 1.807) is 32.9 Å². The lowest BCUT2D eigenvalue weighted by atomic mass is 10.0. The molecule has 38 heavy (non-hydrogen) atoms. The summed E-state index contributed by atoms with van der Waals surface area (Å²) in [5.41, 5.74) is 4.74. The number of ether oxygens (including phenoxy) is 4. The fraction of sp³-hybridized carbons (Fsp3) is 0.615. The quantitative estimate of drug-likeness (QED) is 0.169. The summed E-state index contributed by atoms with van der Waals surface area (Å²) in [7, 11) is 0. The van der Waals surface area contributed by atoms with Crippen molar-refractivity contribution < 1.29 is 33.3 Å². The van der Waals surface area contributed by atoms with Crippen molar-refractivity contribution in [1.29, 1.82) is 0 Å². The Morgan fingerprint density at radius 3 is 2.37 bits per heavy atom. The van der Waals surface area contributed by atoms with E-state index in [0.717, 1.165) is 32.1 Å². The number of anilines is 1. The van der Waals surface area contributed by atoms with E-state index in [1.165, 1.54) is 6.20 Å². The minimum absolute atomic E-state index is 0.0675. The Morgan fingerprint density at radius 1 is 0.947 bits per heavy atom. The number of allylic oxidation sites excluding steroid dienone is 1. The van der Waals surface area contributed by atoms with Crippen LogP contribution in [0, 0.1) is 0 Å². The molecule has 1 unspecified atom stereocenters. The summed E-state index contributed by atoms with van der Waals surface area (Å²) >= 11 is 0. The van der Waals surface area contributed by atoms with Gasteiger partial charge in [0.05, 0.1) is 32.0 Å². The topological polar surface area (TPSA) is 149 Å². The molecule has 4 N–H and O–H groups in total. The summed E-state index contributed by atoms with van der Waals surface area (Å²) in [4.78, 5) is 39.8. The molecule has 0 aliphatic heterocycles. The Hall–Kier alpha value is -3.38. The van der Waals surface area contributed by atoms with Gasteiger partial charge in [-0.05, 0) is 58.6 Å². The number of rotatable bonds is 13. The molecule has 0 bridgehead atoms. The molecule has 3 amide bonds. The van der Waals surface area contributed by atoms with Gasteiger partial charge in [0.2, 0.25) is 0 Å². The summed E-state index contributed by atoms with van der Waals surface area (Å²) < 4.78 is 21.4. The summed E-state index contributed by atoms with van der Waals surface area (Å²) in [6.45, 7) is 7.36. The molecule has 1 aliphatic rings. The van der Waals surface area contributed by atoms with Crippen LogP contribution in [-0.2, 0) is 18.9 Å². The van der Waals surface area contributed by atoms with Gasteiger partial charge in [0, 0.05) is 25.7 Å². The second-order valence-corrected chi connectivity index (χ2v) is 9.61.